The second kappa shape index (κ2) is 11.2. The van der Waals surface area contributed by atoms with Crippen LogP contribution in [-0.2, 0) is 11.3 Å². The average molecular weight is 357 g/mol. The Morgan fingerprint density at radius 2 is 2.04 bits per heavy atom. The van der Waals surface area contributed by atoms with Gasteiger partial charge >= 0.3 is 0 Å². The van der Waals surface area contributed by atoms with E-state index in [2.05, 4.69) is 10.6 Å². The topological polar surface area (TPSA) is 59.6 Å². The molecule has 6 heteroatoms. The van der Waals surface area contributed by atoms with Gasteiger partial charge < -0.3 is 20.1 Å². The van der Waals surface area contributed by atoms with E-state index in [4.69, 9.17) is 9.47 Å². The Morgan fingerprint density at radius 3 is 2.71 bits per heavy atom. The van der Waals surface area contributed by atoms with Gasteiger partial charge in [0.2, 0.25) is 5.91 Å². The number of ether oxygens (including phenoxy) is 2. The van der Waals surface area contributed by atoms with Gasteiger partial charge in [0.25, 0.3) is 0 Å². The molecule has 0 radical (unpaired) electrons. The number of halogens is 1. The van der Waals surface area contributed by atoms with Crippen molar-refractivity contribution in [3.63, 3.8) is 0 Å². The van der Waals surface area contributed by atoms with E-state index in [1.54, 1.807) is 7.11 Å². The molecule has 1 saturated carbocycles. The molecule has 1 aromatic rings. The summed E-state index contributed by atoms with van der Waals surface area (Å²) >= 11 is 0. The molecule has 0 atom stereocenters. The van der Waals surface area contributed by atoms with Crippen LogP contribution in [0.1, 0.15) is 44.1 Å². The Hall–Kier alpha value is -1.46. The molecular weight excluding hydrogens is 328 g/mol. The van der Waals surface area contributed by atoms with E-state index in [1.165, 1.54) is 12.8 Å². The highest BCUT2D eigenvalue weighted by atomic mass is 35.5. The lowest BCUT2D eigenvalue weighted by molar-refractivity contribution is -0.121. The predicted octanol–water partition coefficient (Wildman–Crippen LogP) is 3.05. The van der Waals surface area contributed by atoms with Gasteiger partial charge in [0.15, 0.2) is 0 Å². The first kappa shape index (κ1) is 20.6. The number of hydrogen-bond acceptors (Lipinski definition) is 4. The monoisotopic (exact) mass is 356 g/mol. The van der Waals surface area contributed by atoms with E-state index in [1.807, 2.05) is 25.2 Å². The molecule has 0 unspecified atom stereocenters. The Bertz CT molecular complexity index is 505. The summed E-state index contributed by atoms with van der Waals surface area (Å²) in [5.41, 5.74) is 1.000. The van der Waals surface area contributed by atoms with Gasteiger partial charge in [0, 0.05) is 24.6 Å². The lowest BCUT2D eigenvalue weighted by atomic mass is 10.1. The summed E-state index contributed by atoms with van der Waals surface area (Å²) in [4.78, 5) is 11.9. The molecular formula is C18H29ClN2O3. The number of benzene rings is 1. The number of carbonyl (C=O) groups excluding carboxylic acids is 1. The number of amides is 1. The van der Waals surface area contributed by atoms with Crippen LogP contribution in [0, 0.1) is 0 Å². The minimum absolute atomic E-state index is 0. The molecule has 136 valence electrons. The van der Waals surface area contributed by atoms with E-state index in [-0.39, 0.29) is 24.4 Å². The normalized spacial score (nSPS) is 14.1. The van der Waals surface area contributed by atoms with Crippen LogP contribution < -0.4 is 20.1 Å². The summed E-state index contributed by atoms with van der Waals surface area (Å²) < 4.78 is 11.4. The number of rotatable bonds is 9. The fourth-order valence-electron chi connectivity index (χ4n) is 2.81. The molecule has 0 bridgehead atoms. The molecule has 1 fully saturated rings. The Kier molecular flexibility index (Phi) is 9.57. The highest BCUT2D eigenvalue weighted by Crippen LogP contribution is 2.29. The first-order valence-corrected chi connectivity index (χ1v) is 8.48. The van der Waals surface area contributed by atoms with Gasteiger partial charge in [0.05, 0.1) is 13.2 Å². The lowest BCUT2D eigenvalue weighted by Crippen LogP contribution is -2.24. The van der Waals surface area contributed by atoms with Crippen LogP contribution in [0.2, 0.25) is 0 Å². The van der Waals surface area contributed by atoms with Gasteiger partial charge in [-0.05, 0) is 57.8 Å². The van der Waals surface area contributed by atoms with Gasteiger partial charge in [0.1, 0.15) is 11.5 Å². The molecule has 2 rings (SSSR count). The van der Waals surface area contributed by atoms with Gasteiger partial charge in [-0.1, -0.05) is 0 Å². The van der Waals surface area contributed by atoms with E-state index < -0.39 is 0 Å². The zero-order valence-electron chi connectivity index (χ0n) is 14.6. The maximum Gasteiger partial charge on any atom is 0.220 e. The van der Waals surface area contributed by atoms with Gasteiger partial charge in [-0.3, -0.25) is 4.79 Å². The van der Waals surface area contributed by atoms with Crippen molar-refractivity contribution in [2.75, 3.05) is 20.7 Å². The maximum atomic E-state index is 11.9. The Balaban J connectivity index is 0.00000288. The molecule has 1 aliphatic rings. The first-order valence-electron chi connectivity index (χ1n) is 8.48. The summed E-state index contributed by atoms with van der Waals surface area (Å²) in [6, 6.07) is 5.79. The molecule has 2 N–H and O–H groups in total. The first-order chi connectivity index (χ1) is 11.2. The zero-order chi connectivity index (χ0) is 16.5. The van der Waals surface area contributed by atoms with Crippen molar-refractivity contribution in [1.29, 1.82) is 0 Å². The van der Waals surface area contributed by atoms with Crippen molar-refractivity contribution in [2.45, 2.75) is 51.2 Å². The quantitative estimate of drug-likeness (QED) is 0.668. The summed E-state index contributed by atoms with van der Waals surface area (Å²) in [7, 11) is 3.54. The van der Waals surface area contributed by atoms with Gasteiger partial charge in [-0.25, -0.2) is 0 Å². The molecule has 24 heavy (non-hydrogen) atoms. The van der Waals surface area contributed by atoms with Crippen molar-refractivity contribution >= 4 is 18.3 Å². The van der Waals surface area contributed by atoms with Crippen molar-refractivity contribution in [2.24, 2.45) is 0 Å². The lowest BCUT2D eigenvalue weighted by Gasteiger charge is -2.18. The van der Waals surface area contributed by atoms with Crippen molar-refractivity contribution in [1.82, 2.24) is 10.6 Å². The maximum absolute atomic E-state index is 11.9. The predicted molar refractivity (Wildman–Crippen MR) is 98.1 cm³/mol. The second-order valence-electron chi connectivity index (χ2n) is 5.98. The second-order valence-corrected chi connectivity index (χ2v) is 5.98. The van der Waals surface area contributed by atoms with Crippen LogP contribution in [-0.4, -0.2) is 32.7 Å². The smallest absolute Gasteiger partial charge is 0.220 e. The Labute approximate surface area is 150 Å². The van der Waals surface area contributed by atoms with Crippen LogP contribution in [0.15, 0.2) is 18.2 Å². The SMILES string of the molecule is CNCCCC(=O)NCc1ccc(OC)cc1OC1CCCC1.Cl. The van der Waals surface area contributed by atoms with Crippen LogP contribution in [0.3, 0.4) is 0 Å². The largest absolute Gasteiger partial charge is 0.497 e. The number of methoxy groups -OCH3 is 1. The average Bonchev–Trinajstić information content (AvgIpc) is 3.07. The van der Waals surface area contributed by atoms with Gasteiger partial charge in [-0.2, -0.15) is 0 Å². The molecule has 5 nitrogen and oxygen atoms in total. The minimum Gasteiger partial charge on any atom is -0.497 e. The molecule has 0 spiro atoms. The summed E-state index contributed by atoms with van der Waals surface area (Å²) in [5.74, 6) is 1.68. The van der Waals surface area contributed by atoms with E-state index in [9.17, 15) is 4.79 Å². The van der Waals surface area contributed by atoms with Crippen molar-refractivity contribution in [3.05, 3.63) is 23.8 Å². The molecule has 1 amide bonds. The summed E-state index contributed by atoms with van der Waals surface area (Å²) in [6.07, 6.45) is 6.33. The van der Waals surface area contributed by atoms with Gasteiger partial charge in [-0.15, -0.1) is 12.4 Å². The minimum atomic E-state index is 0. The third-order valence-electron chi connectivity index (χ3n) is 4.18. The van der Waals surface area contributed by atoms with Crippen molar-refractivity contribution < 1.29 is 14.3 Å². The molecule has 0 heterocycles. The fourth-order valence-corrected chi connectivity index (χ4v) is 2.81. The van der Waals surface area contributed by atoms with Crippen molar-refractivity contribution in [3.8, 4) is 11.5 Å². The molecule has 0 saturated heterocycles. The summed E-state index contributed by atoms with van der Waals surface area (Å²) in [6.45, 7) is 1.34. The highest BCUT2D eigenvalue weighted by molar-refractivity contribution is 5.85. The fraction of sp³-hybridized carbons (Fsp3) is 0.611. The van der Waals surface area contributed by atoms with Crippen LogP contribution in [0.25, 0.3) is 0 Å². The zero-order valence-corrected chi connectivity index (χ0v) is 15.4. The molecule has 0 aromatic heterocycles. The molecule has 1 aromatic carbocycles. The van der Waals surface area contributed by atoms with Crippen LogP contribution in [0.4, 0.5) is 0 Å². The van der Waals surface area contributed by atoms with Crippen LogP contribution >= 0.6 is 12.4 Å². The third-order valence-corrected chi connectivity index (χ3v) is 4.18. The number of carbonyl (C=O) groups is 1. The number of nitrogens with one attached hydrogen (secondary N) is 2. The highest BCUT2D eigenvalue weighted by Gasteiger charge is 2.18. The van der Waals surface area contributed by atoms with E-state index in [0.29, 0.717) is 13.0 Å². The van der Waals surface area contributed by atoms with E-state index in [0.717, 1.165) is 42.9 Å². The number of hydrogen-bond donors (Lipinski definition) is 2. The van der Waals surface area contributed by atoms with E-state index >= 15 is 0 Å². The molecule has 0 aliphatic heterocycles. The Morgan fingerprint density at radius 1 is 1.29 bits per heavy atom. The summed E-state index contributed by atoms with van der Waals surface area (Å²) in [5, 5.41) is 6.02. The van der Waals surface area contributed by atoms with Crippen LogP contribution in [0.5, 0.6) is 11.5 Å². The molecule has 1 aliphatic carbocycles. The third kappa shape index (κ3) is 6.57. The standard InChI is InChI=1S/C18H28N2O3.ClH/c1-19-11-5-8-18(21)20-13-14-9-10-16(22-2)12-17(14)23-15-6-3-4-7-15;/h9-10,12,15,19H,3-8,11,13H2,1-2H3,(H,20,21);1H.